The minimum absolute atomic E-state index is 0.156. The quantitative estimate of drug-likeness (QED) is 0.787. The summed E-state index contributed by atoms with van der Waals surface area (Å²) in [5.41, 5.74) is 0.956. The van der Waals surface area contributed by atoms with Gasteiger partial charge in [-0.2, -0.15) is 8.42 Å². The van der Waals surface area contributed by atoms with Crippen molar-refractivity contribution in [2.24, 2.45) is 0 Å². The van der Waals surface area contributed by atoms with Crippen LogP contribution in [0.15, 0.2) is 66.7 Å². The highest BCUT2D eigenvalue weighted by atomic mass is 32.2. The third kappa shape index (κ3) is 4.60. The molecule has 0 spiro atoms. The van der Waals surface area contributed by atoms with Crippen LogP contribution in [0.1, 0.15) is 5.56 Å². The molecule has 98 valence electrons. The molecule has 19 heavy (non-hydrogen) atoms. The second kappa shape index (κ2) is 6.20. The highest BCUT2D eigenvalue weighted by Crippen LogP contribution is 2.12. The largest absolute Gasteiger partial charge is 0.382 e. The van der Waals surface area contributed by atoms with Crippen LogP contribution in [0.5, 0.6) is 5.75 Å². The SMILES string of the molecule is O=S(=O)(C/C=C/c1ccccc1)Oc1ccccc1. The maximum Gasteiger partial charge on any atom is 0.312 e. The van der Waals surface area contributed by atoms with Gasteiger partial charge in [-0.25, -0.2) is 0 Å². The fourth-order valence-electron chi connectivity index (χ4n) is 1.52. The van der Waals surface area contributed by atoms with Crippen molar-refractivity contribution in [1.29, 1.82) is 0 Å². The molecule has 0 saturated carbocycles. The fourth-order valence-corrected chi connectivity index (χ4v) is 2.33. The van der Waals surface area contributed by atoms with E-state index in [-0.39, 0.29) is 5.75 Å². The van der Waals surface area contributed by atoms with Gasteiger partial charge in [-0.1, -0.05) is 60.7 Å². The van der Waals surface area contributed by atoms with Gasteiger partial charge in [0.15, 0.2) is 0 Å². The van der Waals surface area contributed by atoms with Crippen molar-refractivity contribution in [3.63, 3.8) is 0 Å². The summed E-state index contributed by atoms with van der Waals surface area (Å²) in [4.78, 5) is 0. The second-order valence-corrected chi connectivity index (χ2v) is 5.55. The number of hydrogen-bond donors (Lipinski definition) is 0. The Balaban J connectivity index is 1.97. The van der Waals surface area contributed by atoms with E-state index in [0.717, 1.165) is 5.56 Å². The zero-order chi connectivity index (χ0) is 13.6. The first kappa shape index (κ1) is 13.4. The van der Waals surface area contributed by atoms with Crippen LogP contribution in [0, 0.1) is 0 Å². The third-order valence-electron chi connectivity index (χ3n) is 2.38. The maximum atomic E-state index is 11.7. The minimum Gasteiger partial charge on any atom is -0.382 e. The van der Waals surface area contributed by atoms with Gasteiger partial charge in [-0.3, -0.25) is 0 Å². The summed E-state index contributed by atoms with van der Waals surface area (Å²) in [5.74, 6) is 0.173. The van der Waals surface area contributed by atoms with Crippen molar-refractivity contribution in [2.75, 3.05) is 5.75 Å². The van der Waals surface area contributed by atoms with Crippen LogP contribution in [0.4, 0.5) is 0 Å². The first-order valence-corrected chi connectivity index (χ1v) is 7.42. The third-order valence-corrected chi connectivity index (χ3v) is 3.42. The van der Waals surface area contributed by atoms with Crippen molar-refractivity contribution in [3.05, 3.63) is 72.3 Å². The molecule has 0 atom stereocenters. The number of benzene rings is 2. The van der Waals surface area contributed by atoms with E-state index in [4.69, 9.17) is 4.18 Å². The lowest BCUT2D eigenvalue weighted by Gasteiger charge is -2.04. The summed E-state index contributed by atoms with van der Waals surface area (Å²) in [7, 11) is -3.59. The highest BCUT2D eigenvalue weighted by Gasteiger charge is 2.09. The predicted molar refractivity (Wildman–Crippen MR) is 76.3 cm³/mol. The van der Waals surface area contributed by atoms with Gasteiger partial charge in [0, 0.05) is 0 Å². The van der Waals surface area contributed by atoms with E-state index in [1.807, 2.05) is 30.3 Å². The molecule has 2 rings (SSSR count). The van der Waals surface area contributed by atoms with E-state index >= 15 is 0 Å². The Morgan fingerprint density at radius 1 is 0.895 bits per heavy atom. The molecule has 0 aliphatic heterocycles. The van der Waals surface area contributed by atoms with Crippen LogP contribution >= 0.6 is 0 Å². The lowest BCUT2D eigenvalue weighted by molar-refractivity contribution is 0.489. The van der Waals surface area contributed by atoms with Crippen LogP contribution in [0.25, 0.3) is 6.08 Å². The molecule has 0 saturated heterocycles. The smallest absolute Gasteiger partial charge is 0.312 e. The molecule has 0 aromatic heterocycles. The summed E-state index contributed by atoms with van der Waals surface area (Å²) < 4.78 is 28.4. The minimum atomic E-state index is -3.59. The van der Waals surface area contributed by atoms with Crippen molar-refractivity contribution < 1.29 is 12.6 Å². The monoisotopic (exact) mass is 274 g/mol. The van der Waals surface area contributed by atoms with Crippen LogP contribution in [0.2, 0.25) is 0 Å². The van der Waals surface area contributed by atoms with E-state index in [0.29, 0.717) is 5.75 Å². The average Bonchev–Trinajstić information content (AvgIpc) is 2.40. The van der Waals surface area contributed by atoms with E-state index in [9.17, 15) is 8.42 Å². The summed E-state index contributed by atoms with van der Waals surface area (Å²) in [5, 5.41) is 0. The Labute approximate surface area is 113 Å². The maximum absolute atomic E-state index is 11.7. The molecule has 0 bridgehead atoms. The molecule has 2 aromatic carbocycles. The molecule has 2 aromatic rings. The Kier molecular flexibility index (Phi) is 4.36. The van der Waals surface area contributed by atoms with Crippen molar-refractivity contribution in [2.45, 2.75) is 0 Å². The molecule has 0 aliphatic rings. The summed E-state index contributed by atoms with van der Waals surface area (Å²) in [6.45, 7) is 0. The van der Waals surface area contributed by atoms with E-state index in [2.05, 4.69) is 0 Å². The molecule has 0 amide bonds. The standard InChI is InChI=1S/C15H14O3S/c16-19(17,18-15-11-5-2-6-12-15)13-7-10-14-8-3-1-4-9-14/h1-12H,13H2/b10-7+. The first-order valence-electron chi connectivity index (χ1n) is 5.84. The lowest BCUT2D eigenvalue weighted by Crippen LogP contribution is -2.12. The summed E-state index contributed by atoms with van der Waals surface area (Å²) >= 11 is 0. The summed E-state index contributed by atoms with van der Waals surface area (Å²) in [6, 6.07) is 18.0. The summed E-state index contributed by atoms with van der Waals surface area (Å²) in [6.07, 6.45) is 3.33. The van der Waals surface area contributed by atoms with Crippen molar-refractivity contribution in [3.8, 4) is 5.75 Å². The predicted octanol–water partition coefficient (Wildman–Crippen LogP) is 3.11. The molecular formula is C15H14O3S. The zero-order valence-corrected chi connectivity index (χ0v) is 11.1. The van der Waals surface area contributed by atoms with Gasteiger partial charge in [0.25, 0.3) is 0 Å². The molecule has 0 radical (unpaired) electrons. The van der Waals surface area contributed by atoms with Crippen LogP contribution < -0.4 is 4.18 Å². The molecule has 0 heterocycles. The topological polar surface area (TPSA) is 43.4 Å². The molecule has 0 N–H and O–H groups in total. The Hall–Kier alpha value is -2.07. The van der Waals surface area contributed by atoms with Crippen LogP contribution in [0.3, 0.4) is 0 Å². The van der Waals surface area contributed by atoms with Crippen LogP contribution in [-0.2, 0) is 10.1 Å². The molecule has 3 nitrogen and oxygen atoms in total. The van der Waals surface area contributed by atoms with Gasteiger partial charge in [0.1, 0.15) is 11.5 Å². The molecule has 0 fully saturated rings. The van der Waals surface area contributed by atoms with Gasteiger partial charge >= 0.3 is 10.1 Å². The zero-order valence-electron chi connectivity index (χ0n) is 10.3. The first-order chi connectivity index (χ1) is 9.16. The normalized spacial score (nSPS) is 11.6. The second-order valence-electron chi connectivity index (χ2n) is 3.93. The molecule has 0 unspecified atom stereocenters. The van der Waals surface area contributed by atoms with E-state index in [1.54, 1.807) is 42.5 Å². The Bertz CT molecular complexity index is 632. The molecule has 4 heteroatoms. The van der Waals surface area contributed by atoms with Crippen molar-refractivity contribution >= 4 is 16.2 Å². The number of hydrogen-bond acceptors (Lipinski definition) is 3. The average molecular weight is 274 g/mol. The van der Waals surface area contributed by atoms with Crippen LogP contribution in [-0.4, -0.2) is 14.2 Å². The number of rotatable bonds is 5. The van der Waals surface area contributed by atoms with Gasteiger partial charge in [0.05, 0.1) is 0 Å². The van der Waals surface area contributed by atoms with Gasteiger partial charge in [0.2, 0.25) is 0 Å². The Morgan fingerprint density at radius 2 is 1.47 bits per heavy atom. The molecular weight excluding hydrogens is 260 g/mol. The van der Waals surface area contributed by atoms with E-state index in [1.165, 1.54) is 0 Å². The molecule has 0 aliphatic carbocycles. The highest BCUT2D eigenvalue weighted by molar-refractivity contribution is 7.87. The van der Waals surface area contributed by atoms with Crippen molar-refractivity contribution in [1.82, 2.24) is 0 Å². The van der Waals surface area contributed by atoms with Gasteiger partial charge < -0.3 is 4.18 Å². The van der Waals surface area contributed by atoms with E-state index < -0.39 is 10.1 Å². The number of para-hydroxylation sites is 1. The van der Waals surface area contributed by atoms with Gasteiger partial charge in [-0.15, -0.1) is 0 Å². The lowest BCUT2D eigenvalue weighted by atomic mass is 10.2. The Morgan fingerprint density at radius 3 is 2.11 bits per heavy atom. The van der Waals surface area contributed by atoms with Gasteiger partial charge in [-0.05, 0) is 17.7 Å². The fraction of sp³-hybridized carbons (Fsp3) is 0.0667.